The van der Waals surface area contributed by atoms with E-state index >= 15 is 0 Å². The molecule has 0 spiro atoms. The second kappa shape index (κ2) is 3.89. The Balaban J connectivity index is 1.60. The summed E-state index contributed by atoms with van der Waals surface area (Å²) in [5, 5.41) is 0. The SMILES string of the molecule is O=C1[C@@H]2CC[C@H](C2)[C@@H]1CN1CCCCC1. The lowest BCUT2D eigenvalue weighted by atomic mass is 9.87. The van der Waals surface area contributed by atoms with Crippen LogP contribution in [0.2, 0.25) is 0 Å². The molecule has 0 aromatic heterocycles. The summed E-state index contributed by atoms with van der Waals surface area (Å²) >= 11 is 0. The fraction of sp³-hybridized carbons (Fsp3) is 0.923. The number of hydrogen-bond acceptors (Lipinski definition) is 2. The van der Waals surface area contributed by atoms with E-state index in [4.69, 9.17) is 0 Å². The van der Waals surface area contributed by atoms with E-state index in [-0.39, 0.29) is 0 Å². The molecule has 2 nitrogen and oxygen atoms in total. The summed E-state index contributed by atoms with van der Waals surface area (Å²) in [5.41, 5.74) is 0. The lowest BCUT2D eigenvalue weighted by Crippen LogP contribution is -2.38. The third kappa shape index (κ3) is 1.73. The van der Waals surface area contributed by atoms with Gasteiger partial charge in [-0.15, -0.1) is 0 Å². The number of rotatable bonds is 2. The van der Waals surface area contributed by atoms with Crippen LogP contribution in [0, 0.1) is 17.8 Å². The fourth-order valence-electron chi connectivity index (χ4n) is 3.83. The van der Waals surface area contributed by atoms with Crippen molar-refractivity contribution in [2.24, 2.45) is 17.8 Å². The van der Waals surface area contributed by atoms with Crippen LogP contribution >= 0.6 is 0 Å². The number of likely N-dealkylation sites (tertiary alicyclic amines) is 1. The zero-order chi connectivity index (χ0) is 10.3. The van der Waals surface area contributed by atoms with Crippen LogP contribution in [0.4, 0.5) is 0 Å². The van der Waals surface area contributed by atoms with Crippen LogP contribution < -0.4 is 0 Å². The molecule has 3 fully saturated rings. The molecule has 2 aliphatic carbocycles. The third-order valence-electron chi connectivity index (χ3n) is 4.71. The van der Waals surface area contributed by atoms with E-state index in [1.165, 1.54) is 51.6 Å². The maximum Gasteiger partial charge on any atom is 0.140 e. The van der Waals surface area contributed by atoms with E-state index in [0.29, 0.717) is 17.6 Å². The van der Waals surface area contributed by atoms with Crippen LogP contribution in [0.25, 0.3) is 0 Å². The number of ketones is 1. The van der Waals surface area contributed by atoms with Crippen molar-refractivity contribution in [3.8, 4) is 0 Å². The van der Waals surface area contributed by atoms with Crippen molar-refractivity contribution < 1.29 is 4.79 Å². The van der Waals surface area contributed by atoms with Crippen molar-refractivity contribution in [3.63, 3.8) is 0 Å². The lowest BCUT2D eigenvalue weighted by molar-refractivity contribution is -0.126. The highest BCUT2D eigenvalue weighted by Crippen LogP contribution is 2.46. The molecule has 1 saturated heterocycles. The Bertz CT molecular complexity index is 257. The molecule has 2 heteroatoms. The molecule has 1 heterocycles. The second-order valence-corrected chi connectivity index (χ2v) is 5.64. The van der Waals surface area contributed by atoms with Gasteiger partial charge in [-0.25, -0.2) is 0 Å². The fourth-order valence-corrected chi connectivity index (χ4v) is 3.83. The number of nitrogens with zero attached hydrogens (tertiary/aromatic N) is 1. The van der Waals surface area contributed by atoms with Gasteiger partial charge in [0.2, 0.25) is 0 Å². The zero-order valence-corrected chi connectivity index (χ0v) is 9.45. The summed E-state index contributed by atoms with van der Waals surface area (Å²) in [6, 6.07) is 0. The highest BCUT2D eigenvalue weighted by Gasteiger charge is 2.46. The van der Waals surface area contributed by atoms with Gasteiger partial charge in [0.1, 0.15) is 5.78 Å². The van der Waals surface area contributed by atoms with Gasteiger partial charge < -0.3 is 4.90 Å². The Morgan fingerprint density at radius 3 is 2.60 bits per heavy atom. The average Bonchev–Trinajstić information content (AvgIpc) is 2.84. The van der Waals surface area contributed by atoms with Gasteiger partial charge in [0.05, 0.1) is 0 Å². The highest BCUT2D eigenvalue weighted by atomic mass is 16.1. The van der Waals surface area contributed by atoms with Gasteiger partial charge >= 0.3 is 0 Å². The minimum absolute atomic E-state index is 0.418. The van der Waals surface area contributed by atoms with E-state index < -0.39 is 0 Å². The first kappa shape index (κ1) is 9.83. The summed E-state index contributed by atoms with van der Waals surface area (Å²) in [4.78, 5) is 14.5. The zero-order valence-electron chi connectivity index (χ0n) is 9.45. The Morgan fingerprint density at radius 1 is 1.13 bits per heavy atom. The predicted molar refractivity (Wildman–Crippen MR) is 59.6 cm³/mol. The summed E-state index contributed by atoms with van der Waals surface area (Å²) in [7, 11) is 0. The van der Waals surface area contributed by atoms with Gasteiger partial charge in [-0.05, 0) is 51.1 Å². The second-order valence-electron chi connectivity index (χ2n) is 5.64. The Hall–Kier alpha value is -0.370. The number of carbonyl (C=O) groups is 1. The molecule has 2 bridgehead atoms. The minimum Gasteiger partial charge on any atom is -0.303 e. The summed E-state index contributed by atoms with van der Waals surface area (Å²) in [6.45, 7) is 3.56. The molecule has 0 N–H and O–H groups in total. The van der Waals surface area contributed by atoms with Crippen molar-refractivity contribution >= 4 is 5.78 Å². The largest absolute Gasteiger partial charge is 0.303 e. The number of carbonyl (C=O) groups excluding carboxylic acids is 1. The van der Waals surface area contributed by atoms with Crippen molar-refractivity contribution in [1.29, 1.82) is 0 Å². The molecule has 3 aliphatic rings. The monoisotopic (exact) mass is 207 g/mol. The molecule has 2 saturated carbocycles. The topological polar surface area (TPSA) is 20.3 Å². The maximum atomic E-state index is 12.0. The maximum absolute atomic E-state index is 12.0. The molecule has 0 aromatic rings. The summed E-state index contributed by atoms with van der Waals surface area (Å²) in [6.07, 6.45) is 7.82. The van der Waals surface area contributed by atoms with E-state index in [1.807, 2.05) is 0 Å². The molecule has 3 atom stereocenters. The van der Waals surface area contributed by atoms with Crippen LogP contribution in [0.15, 0.2) is 0 Å². The number of hydrogen-bond donors (Lipinski definition) is 0. The molecule has 1 aliphatic heterocycles. The third-order valence-corrected chi connectivity index (χ3v) is 4.71. The molecule has 0 unspecified atom stereocenters. The van der Waals surface area contributed by atoms with Crippen LogP contribution in [0.5, 0.6) is 0 Å². The van der Waals surface area contributed by atoms with E-state index in [9.17, 15) is 4.79 Å². The molecular weight excluding hydrogens is 186 g/mol. The number of fused-ring (bicyclic) bond motifs is 2. The number of Topliss-reactive ketones (excluding diaryl/α,β-unsaturated/α-hetero) is 1. The predicted octanol–water partition coefficient (Wildman–Crippen LogP) is 2.09. The van der Waals surface area contributed by atoms with E-state index in [1.54, 1.807) is 0 Å². The van der Waals surface area contributed by atoms with Crippen molar-refractivity contribution in [3.05, 3.63) is 0 Å². The van der Waals surface area contributed by atoms with Crippen molar-refractivity contribution in [2.45, 2.75) is 38.5 Å². The van der Waals surface area contributed by atoms with Gasteiger partial charge in [-0.2, -0.15) is 0 Å². The Morgan fingerprint density at radius 2 is 1.93 bits per heavy atom. The van der Waals surface area contributed by atoms with Crippen LogP contribution in [-0.2, 0) is 4.79 Å². The Labute approximate surface area is 92.0 Å². The van der Waals surface area contributed by atoms with Crippen LogP contribution in [0.3, 0.4) is 0 Å². The standard InChI is InChI=1S/C13H21NO/c15-13-11-5-4-10(8-11)12(13)9-14-6-2-1-3-7-14/h10-12H,1-9H2/t10-,11-,12+/m1/s1. The van der Waals surface area contributed by atoms with Crippen LogP contribution in [-0.4, -0.2) is 30.3 Å². The van der Waals surface area contributed by atoms with E-state index in [0.717, 1.165) is 12.5 Å². The summed E-state index contributed by atoms with van der Waals surface area (Å²) in [5.74, 6) is 2.24. The minimum atomic E-state index is 0.418. The van der Waals surface area contributed by atoms with Gasteiger partial charge in [0.15, 0.2) is 0 Å². The van der Waals surface area contributed by atoms with Gasteiger partial charge in [0, 0.05) is 18.4 Å². The van der Waals surface area contributed by atoms with Gasteiger partial charge in [0.25, 0.3) is 0 Å². The number of piperidine rings is 1. The molecular formula is C13H21NO. The van der Waals surface area contributed by atoms with E-state index in [2.05, 4.69) is 4.90 Å². The average molecular weight is 207 g/mol. The van der Waals surface area contributed by atoms with Gasteiger partial charge in [-0.3, -0.25) is 4.79 Å². The van der Waals surface area contributed by atoms with Crippen molar-refractivity contribution in [2.75, 3.05) is 19.6 Å². The van der Waals surface area contributed by atoms with Crippen molar-refractivity contribution in [1.82, 2.24) is 4.90 Å². The first-order chi connectivity index (χ1) is 7.34. The summed E-state index contributed by atoms with van der Waals surface area (Å²) < 4.78 is 0. The highest BCUT2D eigenvalue weighted by molar-refractivity contribution is 5.87. The molecule has 3 rings (SSSR count). The molecule has 0 amide bonds. The first-order valence-corrected chi connectivity index (χ1v) is 6.60. The molecule has 84 valence electrons. The quantitative estimate of drug-likeness (QED) is 0.691. The smallest absolute Gasteiger partial charge is 0.140 e. The molecule has 15 heavy (non-hydrogen) atoms. The lowest BCUT2D eigenvalue weighted by Gasteiger charge is -2.31. The Kier molecular flexibility index (Phi) is 2.55. The molecule has 0 aromatic carbocycles. The normalized spacial score (nSPS) is 41.3. The molecule has 0 radical (unpaired) electrons. The van der Waals surface area contributed by atoms with Gasteiger partial charge in [-0.1, -0.05) is 6.42 Å². The van der Waals surface area contributed by atoms with Crippen LogP contribution in [0.1, 0.15) is 38.5 Å². The first-order valence-electron chi connectivity index (χ1n) is 6.60.